The van der Waals surface area contributed by atoms with Gasteiger partial charge in [0.1, 0.15) is 0 Å². The minimum atomic E-state index is 0.477. The third-order valence-electron chi connectivity index (χ3n) is 4.74. The lowest BCUT2D eigenvalue weighted by Crippen LogP contribution is -2.50. The number of piperazine rings is 1. The Bertz CT molecular complexity index is 496. The summed E-state index contributed by atoms with van der Waals surface area (Å²) >= 11 is 0. The van der Waals surface area contributed by atoms with Crippen molar-refractivity contribution in [2.75, 3.05) is 52.4 Å². The molecule has 6 nitrogen and oxygen atoms in total. The summed E-state index contributed by atoms with van der Waals surface area (Å²) in [6, 6.07) is 6.51. The van der Waals surface area contributed by atoms with Crippen molar-refractivity contribution in [2.45, 2.75) is 33.2 Å². The van der Waals surface area contributed by atoms with Crippen LogP contribution in [-0.2, 0) is 6.42 Å². The highest BCUT2D eigenvalue weighted by molar-refractivity contribution is 5.79. The average molecular weight is 347 g/mol. The fourth-order valence-electron chi connectivity index (χ4n) is 3.06. The SMILES string of the molecule is CCNC(=NCC(C)N1CCN(CC)CC1)NCCc1ccccn1. The Morgan fingerprint density at radius 1 is 1.20 bits per heavy atom. The van der Waals surface area contributed by atoms with E-state index in [1.54, 1.807) is 0 Å². The molecule has 0 saturated carbocycles. The number of aromatic nitrogens is 1. The lowest BCUT2D eigenvalue weighted by molar-refractivity contribution is 0.109. The van der Waals surface area contributed by atoms with Gasteiger partial charge in [-0.3, -0.25) is 14.9 Å². The molecule has 1 aliphatic rings. The molecule has 140 valence electrons. The minimum absolute atomic E-state index is 0.477. The first-order valence-electron chi connectivity index (χ1n) is 9.61. The molecule has 1 aliphatic heterocycles. The van der Waals surface area contributed by atoms with E-state index in [4.69, 9.17) is 4.99 Å². The lowest BCUT2D eigenvalue weighted by Gasteiger charge is -2.37. The summed E-state index contributed by atoms with van der Waals surface area (Å²) in [7, 11) is 0. The van der Waals surface area contributed by atoms with Crippen LogP contribution >= 0.6 is 0 Å². The van der Waals surface area contributed by atoms with Gasteiger partial charge in [0.05, 0.1) is 6.54 Å². The number of nitrogens with zero attached hydrogens (tertiary/aromatic N) is 4. The van der Waals surface area contributed by atoms with Crippen LogP contribution in [0.5, 0.6) is 0 Å². The van der Waals surface area contributed by atoms with Crippen molar-refractivity contribution < 1.29 is 0 Å². The molecular formula is C19H34N6. The summed E-state index contributed by atoms with van der Waals surface area (Å²) in [4.78, 5) is 14.2. The van der Waals surface area contributed by atoms with Gasteiger partial charge >= 0.3 is 0 Å². The topological polar surface area (TPSA) is 55.8 Å². The largest absolute Gasteiger partial charge is 0.357 e. The molecule has 1 unspecified atom stereocenters. The molecule has 1 atom stereocenters. The van der Waals surface area contributed by atoms with Crippen molar-refractivity contribution in [3.63, 3.8) is 0 Å². The van der Waals surface area contributed by atoms with Crippen molar-refractivity contribution in [1.82, 2.24) is 25.4 Å². The molecular weight excluding hydrogens is 312 g/mol. The van der Waals surface area contributed by atoms with Crippen LogP contribution in [0.2, 0.25) is 0 Å². The number of pyridine rings is 1. The van der Waals surface area contributed by atoms with Crippen molar-refractivity contribution in [2.24, 2.45) is 4.99 Å². The maximum absolute atomic E-state index is 4.78. The first-order valence-corrected chi connectivity index (χ1v) is 9.61. The van der Waals surface area contributed by atoms with Gasteiger partial charge in [-0.1, -0.05) is 13.0 Å². The summed E-state index contributed by atoms with van der Waals surface area (Å²) in [6.07, 6.45) is 2.74. The normalized spacial score (nSPS) is 18.1. The van der Waals surface area contributed by atoms with Crippen molar-refractivity contribution in [3.05, 3.63) is 30.1 Å². The second-order valence-electron chi connectivity index (χ2n) is 6.54. The lowest BCUT2D eigenvalue weighted by atomic mass is 10.2. The van der Waals surface area contributed by atoms with E-state index in [1.165, 1.54) is 13.1 Å². The molecule has 1 aromatic rings. The van der Waals surface area contributed by atoms with E-state index < -0.39 is 0 Å². The first-order chi connectivity index (χ1) is 12.2. The molecule has 2 N–H and O–H groups in total. The van der Waals surface area contributed by atoms with Gasteiger partial charge in [0, 0.05) is 63.6 Å². The summed E-state index contributed by atoms with van der Waals surface area (Å²) in [5.74, 6) is 0.900. The molecule has 0 amide bonds. The average Bonchev–Trinajstić information content (AvgIpc) is 2.66. The van der Waals surface area contributed by atoms with Gasteiger partial charge in [-0.25, -0.2) is 0 Å². The van der Waals surface area contributed by atoms with Crippen LogP contribution in [0.1, 0.15) is 26.5 Å². The second kappa shape index (κ2) is 11.1. The highest BCUT2D eigenvalue weighted by Gasteiger charge is 2.19. The fraction of sp³-hybridized carbons (Fsp3) is 0.684. The van der Waals surface area contributed by atoms with Crippen LogP contribution in [0.15, 0.2) is 29.4 Å². The van der Waals surface area contributed by atoms with Gasteiger partial charge in [-0.15, -0.1) is 0 Å². The van der Waals surface area contributed by atoms with Crippen molar-refractivity contribution >= 4 is 5.96 Å². The number of aliphatic imine (C=N–C) groups is 1. The number of hydrogen-bond donors (Lipinski definition) is 2. The van der Waals surface area contributed by atoms with E-state index in [2.05, 4.69) is 52.3 Å². The third kappa shape index (κ3) is 7.00. The zero-order valence-corrected chi connectivity index (χ0v) is 16.0. The van der Waals surface area contributed by atoms with E-state index in [0.717, 1.165) is 57.3 Å². The predicted octanol–water partition coefficient (Wildman–Crippen LogP) is 1.21. The van der Waals surface area contributed by atoms with E-state index in [0.29, 0.717) is 6.04 Å². The standard InChI is InChI=1S/C19H34N6/c1-4-20-19(22-11-9-18-8-6-7-10-21-18)23-16-17(3)25-14-12-24(5-2)13-15-25/h6-8,10,17H,4-5,9,11-16H2,1-3H3,(H2,20,22,23). The maximum Gasteiger partial charge on any atom is 0.191 e. The zero-order valence-electron chi connectivity index (χ0n) is 16.0. The van der Waals surface area contributed by atoms with Crippen molar-refractivity contribution in [1.29, 1.82) is 0 Å². The Morgan fingerprint density at radius 3 is 2.64 bits per heavy atom. The van der Waals surface area contributed by atoms with Gasteiger partial charge in [-0.2, -0.15) is 0 Å². The van der Waals surface area contributed by atoms with Crippen LogP contribution in [0.3, 0.4) is 0 Å². The summed E-state index contributed by atoms with van der Waals surface area (Å²) in [5, 5.41) is 6.75. The summed E-state index contributed by atoms with van der Waals surface area (Å²) in [5.41, 5.74) is 1.10. The number of hydrogen-bond acceptors (Lipinski definition) is 4. The highest BCUT2D eigenvalue weighted by atomic mass is 15.3. The number of rotatable bonds is 8. The number of likely N-dealkylation sites (N-methyl/N-ethyl adjacent to an activating group) is 1. The van der Waals surface area contributed by atoms with Crippen LogP contribution in [0.25, 0.3) is 0 Å². The quantitative estimate of drug-likeness (QED) is 0.547. The molecule has 0 spiro atoms. The van der Waals surface area contributed by atoms with Crippen molar-refractivity contribution in [3.8, 4) is 0 Å². The molecule has 0 aromatic carbocycles. The summed E-state index contributed by atoms with van der Waals surface area (Å²) < 4.78 is 0. The Hall–Kier alpha value is -1.66. The molecule has 2 rings (SSSR count). The highest BCUT2D eigenvalue weighted by Crippen LogP contribution is 2.06. The van der Waals surface area contributed by atoms with Crippen LogP contribution < -0.4 is 10.6 Å². The first kappa shape index (κ1) is 19.7. The molecule has 0 aliphatic carbocycles. The Balaban J connectivity index is 1.76. The van der Waals surface area contributed by atoms with E-state index in [-0.39, 0.29) is 0 Å². The van der Waals surface area contributed by atoms with E-state index in [9.17, 15) is 0 Å². The number of nitrogens with one attached hydrogen (secondary N) is 2. The molecule has 1 saturated heterocycles. The minimum Gasteiger partial charge on any atom is -0.357 e. The fourth-order valence-corrected chi connectivity index (χ4v) is 3.06. The summed E-state index contributed by atoms with van der Waals surface area (Å²) in [6.45, 7) is 15.0. The van der Waals surface area contributed by atoms with E-state index >= 15 is 0 Å². The van der Waals surface area contributed by atoms with Gasteiger partial charge < -0.3 is 15.5 Å². The molecule has 1 aromatic heterocycles. The zero-order chi connectivity index (χ0) is 17.9. The molecule has 1 fully saturated rings. The van der Waals surface area contributed by atoms with Crippen LogP contribution in [0.4, 0.5) is 0 Å². The third-order valence-corrected chi connectivity index (χ3v) is 4.74. The van der Waals surface area contributed by atoms with Gasteiger partial charge in [0.15, 0.2) is 5.96 Å². The molecule has 6 heteroatoms. The van der Waals surface area contributed by atoms with Gasteiger partial charge in [0.25, 0.3) is 0 Å². The van der Waals surface area contributed by atoms with E-state index in [1.807, 2.05) is 18.3 Å². The molecule has 2 heterocycles. The molecule has 25 heavy (non-hydrogen) atoms. The van der Waals surface area contributed by atoms with Gasteiger partial charge in [0.2, 0.25) is 0 Å². The monoisotopic (exact) mass is 346 g/mol. The molecule has 0 bridgehead atoms. The van der Waals surface area contributed by atoms with Crippen LogP contribution in [-0.4, -0.2) is 79.1 Å². The Labute approximate surface area is 152 Å². The Kier molecular flexibility index (Phi) is 8.69. The predicted molar refractivity (Wildman–Crippen MR) is 105 cm³/mol. The second-order valence-corrected chi connectivity index (χ2v) is 6.54. The van der Waals surface area contributed by atoms with Crippen LogP contribution in [0, 0.1) is 0 Å². The smallest absolute Gasteiger partial charge is 0.191 e. The maximum atomic E-state index is 4.78. The number of guanidine groups is 1. The molecule has 0 radical (unpaired) electrons. The Morgan fingerprint density at radius 2 is 2.00 bits per heavy atom. The van der Waals surface area contributed by atoms with Gasteiger partial charge in [-0.05, 0) is 32.5 Å².